The fourth-order valence-corrected chi connectivity index (χ4v) is 4.77. The molecule has 1 aliphatic carbocycles. The summed E-state index contributed by atoms with van der Waals surface area (Å²) < 4.78 is 0. The fourth-order valence-electron chi connectivity index (χ4n) is 4.77. The van der Waals surface area contributed by atoms with Crippen molar-refractivity contribution in [3.63, 3.8) is 0 Å². The molecule has 0 spiro atoms. The molecule has 0 saturated heterocycles. The topological polar surface area (TPSA) is 40.5 Å². The first kappa shape index (κ1) is 18.9. The monoisotopic (exact) mass is 372 g/mol. The van der Waals surface area contributed by atoms with Crippen LogP contribution in [0.25, 0.3) is 0 Å². The van der Waals surface area contributed by atoms with E-state index in [1.807, 2.05) is 66.7 Å². The number of aliphatic hydroxyl groups is 2. The van der Waals surface area contributed by atoms with Gasteiger partial charge < -0.3 is 10.2 Å². The summed E-state index contributed by atoms with van der Waals surface area (Å²) in [6, 6.07) is 30.2. The molecule has 0 unspecified atom stereocenters. The maximum absolute atomic E-state index is 12.0. The molecule has 0 radical (unpaired) electrons. The van der Waals surface area contributed by atoms with Gasteiger partial charge in [0.2, 0.25) is 0 Å². The lowest BCUT2D eigenvalue weighted by Crippen LogP contribution is -2.43. The minimum Gasteiger partial charge on any atom is -0.393 e. The molecule has 0 aromatic heterocycles. The molecule has 2 nitrogen and oxygen atoms in total. The van der Waals surface area contributed by atoms with Crippen LogP contribution in [0.4, 0.5) is 0 Å². The smallest absolute Gasteiger partial charge is 0.117 e. The van der Waals surface area contributed by atoms with E-state index < -0.39 is 11.7 Å². The molecule has 0 amide bonds. The van der Waals surface area contributed by atoms with Crippen LogP contribution in [0.5, 0.6) is 0 Å². The SMILES string of the molecule is O[C@H]1C[C@H](C(O)(c2ccccc2)c2ccccc2)CC[C@H]1Cc1ccccc1. The molecule has 144 valence electrons. The average Bonchev–Trinajstić information content (AvgIpc) is 2.76. The van der Waals surface area contributed by atoms with E-state index >= 15 is 0 Å². The van der Waals surface area contributed by atoms with Gasteiger partial charge in [0, 0.05) is 0 Å². The zero-order valence-electron chi connectivity index (χ0n) is 16.1. The van der Waals surface area contributed by atoms with Crippen LogP contribution in [0, 0.1) is 11.8 Å². The maximum Gasteiger partial charge on any atom is 0.117 e. The molecule has 0 heterocycles. The molecule has 1 fully saturated rings. The zero-order chi connectivity index (χ0) is 19.4. The van der Waals surface area contributed by atoms with E-state index in [1.165, 1.54) is 5.56 Å². The Bertz CT molecular complexity index is 821. The van der Waals surface area contributed by atoms with Gasteiger partial charge in [-0.15, -0.1) is 0 Å². The summed E-state index contributed by atoms with van der Waals surface area (Å²) in [7, 11) is 0. The highest BCUT2D eigenvalue weighted by Crippen LogP contribution is 2.45. The van der Waals surface area contributed by atoms with Gasteiger partial charge in [0.15, 0.2) is 0 Å². The number of aliphatic hydroxyl groups excluding tert-OH is 1. The quantitative estimate of drug-likeness (QED) is 0.666. The van der Waals surface area contributed by atoms with Gasteiger partial charge >= 0.3 is 0 Å². The largest absolute Gasteiger partial charge is 0.393 e. The molecule has 28 heavy (non-hydrogen) atoms. The lowest BCUT2D eigenvalue weighted by Gasteiger charge is -2.43. The average molecular weight is 373 g/mol. The van der Waals surface area contributed by atoms with Gasteiger partial charge in [0.1, 0.15) is 5.60 Å². The Balaban J connectivity index is 1.59. The predicted molar refractivity (Wildman–Crippen MR) is 113 cm³/mol. The minimum atomic E-state index is -1.08. The molecule has 1 aliphatic rings. The normalized spacial score (nSPS) is 22.7. The first-order valence-electron chi connectivity index (χ1n) is 10.2. The first-order valence-corrected chi connectivity index (χ1v) is 10.2. The standard InChI is InChI=1S/C26H28O2/c27-25-19-24(17-16-21(25)18-20-10-4-1-5-11-20)26(28,22-12-6-2-7-13-22)23-14-8-3-9-15-23/h1-15,21,24-25,27-28H,16-19H2/t21-,24+,25-/m0/s1. The predicted octanol–water partition coefficient (Wildman–Crippen LogP) is 4.94. The molecule has 0 aliphatic heterocycles. The lowest BCUT2D eigenvalue weighted by atomic mass is 9.66. The molecule has 0 bridgehead atoms. The molecule has 2 heteroatoms. The minimum absolute atomic E-state index is 0.0145. The fraction of sp³-hybridized carbons (Fsp3) is 0.308. The zero-order valence-corrected chi connectivity index (χ0v) is 16.1. The van der Waals surface area contributed by atoms with Crippen LogP contribution in [-0.2, 0) is 12.0 Å². The maximum atomic E-state index is 12.0. The summed E-state index contributed by atoms with van der Waals surface area (Å²) in [5, 5.41) is 22.9. The third-order valence-corrected chi connectivity index (χ3v) is 6.32. The Morgan fingerprint density at radius 3 is 1.71 bits per heavy atom. The van der Waals surface area contributed by atoms with Crippen molar-refractivity contribution in [3.05, 3.63) is 108 Å². The molecular formula is C26H28O2. The molecule has 2 N–H and O–H groups in total. The molecule has 3 aromatic carbocycles. The van der Waals surface area contributed by atoms with Crippen LogP contribution in [0.2, 0.25) is 0 Å². The van der Waals surface area contributed by atoms with Crippen molar-refractivity contribution in [1.29, 1.82) is 0 Å². The third-order valence-electron chi connectivity index (χ3n) is 6.32. The van der Waals surface area contributed by atoms with Crippen LogP contribution in [0.3, 0.4) is 0 Å². The van der Waals surface area contributed by atoms with Gasteiger partial charge in [-0.25, -0.2) is 0 Å². The van der Waals surface area contributed by atoms with Crippen molar-refractivity contribution in [3.8, 4) is 0 Å². The van der Waals surface area contributed by atoms with Crippen molar-refractivity contribution in [2.75, 3.05) is 0 Å². The summed E-state index contributed by atoms with van der Waals surface area (Å²) in [6.07, 6.45) is 2.91. The van der Waals surface area contributed by atoms with Gasteiger partial charge in [-0.05, 0) is 54.2 Å². The number of benzene rings is 3. The molecular weight excluding hydrogens is 344 g/mol. The van der Waals surface area contributed by atoms with Crippen molar-refractivity contribution in [2.24, 2.45) is 11.8 Å². The number of rotatable bonds is 5. The van der Waals surface area contributed by atoms with Gasteiger partial charge in [0.05, 0.1) is 6.10 Å². The number of hydrogen-bond donors (Lipinski definition) is 2. The summed E-state index contributed by atoms with van der Waals surface area (Å²) in [4.78, 5) is 0. The van der Waals surface area contributed by atoms with Crippen LogP contribution >= 0.6 is 0 Å². The Labute approximate surface area is 167 Å². The highest BCUT2D eigenvalue weighted by molar-refractivity contribution is 5.37. The summed E-state index contributed by atoms with van der Waals surface area (Å²) >= 11 is 0. The van der Waals surface area contributed by atoms with E-state index in [4.69, 9.17) is 0 Å². The Morgan fingerprint density at radius 2 is 1.21 bits per heavy atom. The van der Waals surface area contributed by atoms with E-state index in [9.17, 15) is 10.2 Å². The van der Waals surface area contributed by atoms with E-state index in [0.29, 0.717) is 6.42 Å². The number of hydrogen-bond acceptors (Lipinski definition) is 2. The van der Waals surface area contributed by atoms with E-state index in [-0.39, 0.29) is 11.8 Å². The first-order chi connectivity index (χ1) is 13.7. The Morgan fingerprint density at radius 1 is 0.714 bits per heavy atom. The van der Waals surface area contributed by atoms with Crippen LogP contribution in [-0.4, -0.2) is 16.3 Å². The van der Waals surface area contributed by atoms with Crippen molar-refractivity contribution >= 4 is 0 Å². The van der Waals surface area contributed by atoms with Gasteiger partial charge in [-0.2, -0.15) is 0 Å². The van der Waals surface area contributed by atoms with E-state index in [1.54, 1.807) is 0 Å². The molecule has 3 aromatic rings. The lowest BCUT2D eigenvalue weighted by molar-refractivity contribution is -0.0489. The Kier molecular flexibility index (Phi) is 5.61. The Hall–Kier alpha value is -2.42. The van der Waals surface area contributed by atoms with Crippen molar-refractivity contribution in [1.82, 2.24) is 0 Å². The second-order valence-corrected chi connectivity index (χ2v) is 8.03. The van der Waals surface area contributed by atoms with Crippen molar-refractivity contribution in [2.45, 2.75) is 37.4 Å². The second-order valence-electron chi connectivity index (χ2n) is 8.03. The van der Waals surface area contributed by atoms with Crippen LogP contribution in [0.1, 0.15) is 36.0 Å². The molecule has 4 rings (SSSR count). The summed E-state index contributed by atoms with van der Waals surface area (Å²) in [6.45, 7) is 0. The van der Waals surface area contributed by atoms with Crippen LogP contribution in [0.15, 0.2) is 91.0 Å². The summed E-state index contributed by atoms with van der Waals surface area (Å²) in [5.41, 5.74) is 1.99. The molecule has 1 saturated carbocycles. The van der Waals surface area contributed by atoms with Gasteiger partial charge in [-0.3, -0.25) is 0 Å². The van der Waals surface area contributed by atoms with Crippen LogP contribution < -0.4 is 0 Å². The van der Waals surface area contributed by atoms with Gasteiger partial charge in [0.25, 0.3) is 0 Å². The summed E-state index contributed by atoms with van der Waals surface area (Å²) in [5.74, 6) is 0.230. The third kappa shape index (κ3) is 3.76. The highest BCUT2D eigenvalue weighted by atomic mass is 16.3. The van der Waals surface area contributed by atoms with E-state index in [2.05, 4.69) is 24.3 Å². The van der Waals surface area contributed by atoms with E-state index in [0.717, 1.165) is 30.4 Å². The van der Waals surface area contributed by atoms with Crippen molar-refractivity contribution < 1.29 is 10.2 Å². The highest BCUT2D eigenvalue weighted by Gasteiger charge is 2.44. The second kappa shape index (κ2) is 8.30. The van der Waals surface area contributed by atoms with Gasteiger partial charge in [-0.1, -0.05) is 91.0 Å². The molecule has 3 atom stereocenters.